The van der Waals surface area contributed by atoms with Crippen LogP contribution in [-0.4, -0.2) is 25.5 Å². The molecule has 0 heterocycles. The van der Waals surface area contributed by atoms with Crippen molar-refractivity contribution in [1.82, 2.24) is 0 Å². The summed E-state index contributed by atoms with van der Waals surface area (Å²) >= 11 is 0. The molecule has 0 fully saturated rings. The second kappa shape index (κ2) is 10.4. The minimum atomic E-state index is -0.825. The average Bonchev–Trinajstić information content (AvgIpc) is 2.58. The van der Waals surface area contributed by atoms with Gasteiger partial charge in [0.15, 0.2) is 0 Å². The van der Waals surface area contributed by atoms with Crippen LogP contribution in [0.2, 0.25) is 0 Å². The summed E-state index contributed by atoms with van der Waals surface area (Å²) < 4.78 is 10.4. The second-order valence-electron chi connectivity index (χ2n) is 5.54. The first kappa shape index (κ1) is 19.7. The van der Waals surface area contributed by atoms with Crippen LogP contribution < -0.4 is 4.74 Å². The summed E-state index contributed by atoms with van der Waals surface area (Å²) in [6.45, 7) is 11.2. The van der Waals surface area contributed by atoms with E-state index in [0.29, 0.717) is 12.2 Å². The van der Waals surface area contributed by atoms with E-state index in [0.717, 1.165) is 24.0 Å². The van der Waals surface area contributed by atoms with Crippen LogP contribution in [0, 0.1) is 12.5 Å². The molecule has 5 nitrogen and oxygen atoms in total. The molecule has 0 aliphatic rings. The lowest BCUT2D eigenvalue weighted by molar-refractivity contribution is -0.151. The maximum atomic E-state index is 12.4. The summed E-state index contributed by atoms with van der Waals surface area (Å²) in [6, 6.07) is 5.42. The molecule has 0 radical (unpaired) electrons. The van der Waals surface area contributed by atoms with Crippen molar-refractivity contribution in [1.29, 1.82) is 0 Å². The zero-order chi connectivity index (χ0) is 17.9. The number of nitrogens with zero attached hydrogens (tertiary/aromatic N) is 1. The van der Waals surface area contributed by atoms with Crippen molar-refractivity contribution in [3.05, 3.63) is 40.7 Å². The monoisotopic (exact) mass is 331 g/mol. The molecule has 1 aromatic carbocycles. The number of carbonyl (C=O) groups is 2. The number of methoxy groups -OCH3 is 1. The highest BCUT2D eigenvalue weighted by Crippen LogP contribution is 2.25. The molecular formula is C19H25NO4. The molecule has 1 aromatic rings. The predicted molar refractivity (Wildman–Crippen MR) is 91.7 cm³/mol. The van der Waals surface area contributed by atoms with E-state index in [1.54, 1.807) is 20.1 Å². The maximum absolute atomic E-state index is 12.4. The minimum Gasteiger partial charge on any atom is -0.496 e. The van der Waals surface area contributed by atoms with Crippen LogP contribution in [0.15, 0.2) is 18.2 Å². The van der Waals surface area contributed by atoms with Gasteiger partial charge in [0.1, 0.15) is 17.5 Å². The summed E-state index contributed by atoms with van der Waals surface area (Å²) in [7, 11) is 1.55. The van der Waals surface area contributed by atoms with E-state index in [1.807, 2.05) is 19.1 Å². The van der Waals surface area contributed by atoms with Gasteiger partial charge in [-0.1, -0.05) is 13.3 Å². The number of ketones is 1. The van der Waals surface area contributed by atoms with Gasteiger partial charge in [-0.15, -0.1) is 0 Å². The van der Waals surface area contributed by atoms with Gasteiger partial charge in [-0.25, -0.2) is 6.57 Å². The van der Waals surface area contributed by atoms with Crippen molar-refractivity contribution < 1.29 is 19.1 Å². The highest BCUT2D eigenvalue weighted by atomic mass is 16.5. The molecule has 1 rings (SSSR count). The van der Waals surface area contributed by atoms with E-state index in [1.165, 1.54) is 0 Å². The zero-order valence-electron chi connectivity index (χ0n) is 14.6. The summed E-state index contributed by atoms with van der Waals surface area (Å²) in [5.41, 5.74) is 1.59. The Bertz CT molecular complexity index is 604. The quantitative estimate of drug-likeness (QED) is 0.373. The molecule has 0 amide bonds. The van der Waals surface area contributed by atoms with Gasteiger partial charge >= 0.3 is 5.97 Å². The van der Waals surface area contributed by atoms with E-state index in [9.17, 15) is 9.59 Å². The SMILES string of the molecule is [C-]#[N+]Cc1ccc(OC)c(CC(C(=O)CCCC)C(=O)OCC)c1. The molecule has 1 unspecified atom stereocenters. The molecule has 0 bridgehead atoms. The van der Waals surface area contributed by atoms with Gasteiger partial charge < -0.3 is 14.3 Å². The van der Waals surface area contributed by atoms with Gasteiger partial charge in [0.2, 0.25) is 6.54 Å². The highest BCUT2D eigenvalue weighted by Gasteiger charge is 2.28. The maximum Gasteiger partial charge on any atom is 0.316 e. The van der Waals surface area contributed by atoms with E-state index >= 15 is 0 Å². The fourth-order valence-electron chi connectivity index (χ4n) is 2.50. The van der Waals surface area contributed by atoms with Crippen LogP contribution in [0.4, 0.5) is 0 Å². The molecule has 0 aromatic heterocycles. The first-order valence-corrected chi connectivity index (χ1v) is 8.25. The van der Waals surface area contributed by atoms with Gasteiger partial charge in [-0.3, -0.25) is 9.59 Å². The Balaban J connectivity index is 3.07. The summed E-state index contributed by atoms with van der Waals surface area (Å²) in [6.07, 6.45) is 2.25. The third kappa shape index (κ3) is 5.69. The molecule has 1 atom stereocenters. The molecule has 0 saturated heterocycles. The Morgan fingerprint density at radius 1 is 1.29 bits per heavy atom. The Hall–Kier alpha value is -2.35. The second-order valence-corrected chi connectivity index (χ2v) is 5.54. The molecule has 0 aliphatic carbocycles. The van der Waals surface area contributed by atoms with Crippen LogP contribution in [0.1, 0.15) is 44.2 Å². The van der Waals surface area contributed by atoms with Crippen LogP contribution in [0.3, 0.4) is 0 Å². The average molecular weight is 331 g/mol. The number of unbranched alkanes of at least 4 members (excludes halogenated alkanes) is 1. The lowest BCUT2D eigenvalue weighted by Gasteiger charge is -2.16. The Morgan fingerprint density at radius 3 is 2.62 bits per heavy atom. The smallest absolute Gasteiger partial charge is 0.316 e. The lowest BCUT2D eigenvalue weighted by Crippen LogP contribution is -2.28. The van der Waals surface area contributed by atoms with Gasteiger partial charge in [0, 0.05) is 12.0 Å². The Labute approximate surface area is 143 Å². The Kier molecular flexibility index (Phi) is 8.56. The van der Waals surface area contributed by atoms with Gasteiger partial charge in [-0.2, -0.15) is 0 Å². The number of esters is 1. The molecule has 130 valence electrons. The number of rotatable bonds is 10. The van der Waals surface area contributed by atoms with E-state index in [2.05, 4.69) is 4.85 Å². The molecule has 0 aliphatic heterocycles. The third-order valence-corrected chi connectivity index (χ3v) is 3.77. The van der Waals surface area contributed by atoms with Crippen molar-refractivity contribution in [3.63, 3.8) is 0 Å². The standard InChI is InChI=1S/C19H25NO4/c1-5-7-8-17(21)16(19(22)24-6-2)12-15-11-14(13-20-3)9-10-18(15)23-4/h9-11,16H,5-8,12-13H2,1-2,4H3. The third-order valence-electron chi connectivity index (χ3n) is 3.77. The normalized spacial score (nSPS) is 11.4. The fraction of sp³-hybridized carbons (Fsp3) is 0.526. The van der Waals surface area contributed by atoms with E-state index < -0.39 is 11.9 Å². The summed E-state index contributed by atoms with van der Waals surface area (Å²) in [5.74, 6) is -0.806. The van der Waals surface area contributed by atoms with Crippen LogP contribution >= 0.6 is 0 Å². The van der Waals surface area contributed by atoms with Crippen LogP contribution in [0.5, 0.6) is 5.75 Å². The van der Waals surface area contributed by atoms with Gasteiger partial charge in [0.25, 0.3) is 0 Å². The zero-order valence-corrected chi connectivity index (χ0v) is 14.6. The number of benzene rings is 1. The molecule has 0 saturated carbocycles. The number of ether oxygens (including phenoxy) is 2. The van der Waals surface area contributed by atoms with E-state index in [4.69, 9.17) is 16.0 Å². The number of hydrogen-bond donors (Lipinski definition) is 0. The van der Waals surface area contributed by atoms with Crippen molar-refractivity contribution in [2.75, 3.05) is 13.7 Å². The largest absolute Gasteiger partial charge is 0.496 e. The molecule has 5 heteroatoms. The molecule has 0 spiro atoms. The van der Waals surface area contributed by atoms with Gasteiger partial charge in [-0.05, 0) is 43.5 Å². The summed E-state index contributed by atoms with van der Waals surface area (Å²) in [5, 5.41) is 0. The Morgan fingerprint density at radius 2 is 2.04 bits per heavy atom. The molecule has 24 heavy (non-hydrogen) atoms. The number of carbonyl (C=O) groups excluding carboxylic acids is 2. The van der Waals surface area contributed by atoms with Gasteiger partial charge in [0.05, 0.1) is 13.7 Å². The van der Waals surface area contributed by atoms with Crippen LogP contribution in [0.25, 0.3) is 4.85 Å². The first-order chi connectivity index (χ1) is 11.6. The van der Waals surface area contributed by atoms with Crippen molar-refractivity contribution >= 4 is 11.8 Å². The fourth-order valence-corrected chi connectivity index (χ4v) is 2.50. The van der Waals surface area contributed by atoms with E-state index in [-0.39, 0.29) is 25.4 Å². The van der Waals surface area contributed by atoms with Crippen molar-refractivity contribution in [2.24, 2.45) is 5.92 Å². The first-order valence-electron chi connectivity index (χ1n) is 8.25. The van der Waals surface area contributed by atoms with Crippen LogP contribution in [-0.2, 0) is 27.3 Å². The lowest BCUT2D eigenvalue weighted by atomic mass is 9.91. The number of hydrogen-bond acceptors (Lipinski definition) is 4. The predicted octanol–water partition coefficient (Wildman–Crippen LogP) is 3.60. The highest BCUT2D eigenvalue weighted by molar-refractivity contribution is 5.99. The molecule has 0 N–H and O–H groups in total. The minimum absolute atomic E-state index is 0.104. The summed E-state index contributed by atoms with van der Waals surface area (Å²) in [4.78, 5) is 28.0. The van der Waals surface area contributed by atoms with Crippen molar-refractivity contribution in [3.8, 4) is 5.75 Å². The molecular weight excluding hydrogens is 306 g/mol. The topological polar surface area (TPSA) is 57.0 Å². The number of Topliss-reactive ketones (excluding diaryl/α,β-unsaturated/α-hetero) is 1. The van der Waals surface area contributed by atoms with Crippen molar-refractivity contribution in [2.45, 2.75) is 46.1 Å².